The number of carbonyl (C=O) groups excluding carboxylic acids is 2. The maximum atomic E-state index is 13.2. The molecule has 2 aromatic carbocycles. The van der Waals surface area contributed by atoms with E-state index < -0.39 is 0 Å². The summed E-state index contributed by atoms with van der Waals surface area (Å²) in [6, 6.07) is 10.7. The molecule has 2 heterocycles. The van der Waals surface area contributed by atoms with Gasteiger partial charge in [-0.3, -0.25) is 14.7 Å². The molecule has 8 nitrogen and oxygen atoms in total. The molecule has 1 aromatic heterocycles. The third kappa shape index (κ3) is 3.94. The van der Waals surface area contributed by atoms with Crippen LogP contribution in [0.25, 0.3) is 10.9 Å². The number of hydrogen-bond donors (Lipinski definition) is 2. The van der Waals surface area contributed by atoms with Crippen LogP contribution in [0.5, 0.6) is 11.5 Å². The number of carbonyl (C=O) groups is 2. The van der Waals surface area contributed by atoms with Gasteiger partial charge in [0.1, 0.15) is 17.2 Å². The van der Waals surface area contributed by atoms with Crippen molar-refractivity contribution in [2.75, 3.05) is 6.61 Å². The third-order valence-corrected chi connectivity index (χ3v) is 5.38. The van der Waals surface area contributed by atoms with Crippen molar-refractivity contribution in [1.29, 1.82) is 5.26 Å². The zero-order chi connectivity index (χ0) is 22.0. The largest absolute Gasteiger partial charge is 0.507 e. The van der Waals surface area contributed by atoms with Crippen LogP contribution in [-0.2, 0) is 13.1 Å². The maximum Gasteiger partial charge on any atom is 0.258 e. The maximum absolute atomic E-state index is 13.2. The number of ether oxygens (including phenoxy) is 1. The van der Waals surface area contributed by atoms with Gasteiger partial charge >= 0.3 is 0 Å². The van der Waals surface area contributed by atoms with Crippen molar-refractivity contribution in [3.63, 3.8) is 0 Å². The number of Topliss-reactive ketones (excluding diaryl/α,β-unsaturated/α-hetero) is 1. The van der Waals surface area contributed by atoms with Crippen molar-refractivity contribution in [3.05, 3.63) is 52.7 Å². The zero-order valence-corrected chi connectivity index (χ0v) is 17.1. The van der Waals surface area contributed by atoms with E-state index in [4.69, 9.17) is 10.00 Å². The van der Waals surface area contributed by atoms with Gasteiger partial charge in [-0.1, -0.05) is 13.0 Å². The second-order valence-electron chi connectivity index (χ2n) is 7.47. The lowest BCUT2D eigenvalue weighted by Gasteiger charge is -2.16. The number of phenolic OH excluding ortho intramolecular Hbond substituents is 1. The van der Waals surface area contributed by atoms with Crippen LogP contribution in [0, 0.1) is 11.3 Å². The first-order valence-corrected chi connectivity index (χ1v) is 10.2. The van der Waals surface area contributed by atoms with Gasteiger partial charge in [0.2, 0.25) is 0 Å². The van der Waals surface area contributed by atoms with Crippen LogP contribution >= 0.6 is 0 Å². The standard InChI is InChI=1S/C23H22N4O4/c1-2-20(28)22-17-10-18(21(29)11-19(17)25-26-22)23(30)27-12-14-5-6-16(9-15(14)13-27)31-8-4-3-7-24/h5-6,9-11,29H,2-4,8,12-13H2,1H3,(H,25,26). The van der Waals surface area contributed by atoms with Gasteiger partial charge in [0, 0.05) is 37.4 Å². The first-order chi connectivity index (χ1) is 15.0. The fourth-order valence-electron chi connectivity index (χ4n) is 3.72. The van der Waals surface area contributed by atoms with E-state index in [9.17, 15) is 14.7 Å². The highest BCUT2D eigenvalue weighted by Crippen LogP contribution is 2.32. The first-order valence-electron chi connectivity index (χ1n) is 10.2. The van der Waals surface area contributed by atoms with Crippen LogP contribution in [0.4, 0.5) is 0 Å². The van der Waals surface area contributed by atoms with Crippen LogP contribution in [-0.4, -0.2) is 38.5 Å². The molecule has 4 rings (SSSR count). The molecule has 3 aromatic rings. The summed E-state index contributed by atoms with van der Waals surface area (Å²) < 4.78 is 5.68. The van der Waals surface area contributed by atoms with Crippen LogP contribution in [0.1, 0.15) is 58.2 Å². The van der Waals surface area contributed by atoms with Gasteiger partial charge < -0.3 is 14.7 Å². The summed E-state index contributed by atoms with van der Waals surface area (Å²) in [4.78, 5) is 27.0. The summed E-state index contributed by atoms with van der Waals surface area (Å²) in [5.74, 6) is 0.0971. The molecule has 1 aliphatic rings. The second-order valence-corrected chi connectivity index (χ2v) is 7.47. The number of nitrogens with one attached hydrogen (secondary N) is 1. The molecular weight excluding hydrogens is 396 g/mol. The highest BCUT2D eigenvalue weighted by atomic mass is 16.5. The van der Waals surface area contributed by atoms with Crippen molar-refractivity contribution in [2.24, 2.45) is 0 Å². The number of aromatic amines is 1. The zero-order valence-electron chi connectivity index (χ0n) is 17.1. The molecular formula is C23H22N4O4. The minimum absolute atomic E-state index is 0.133. The van der Waals surface area contributed by atoms with Gasteiger partial charge in [-0.05, 0) is 35.7 Å². The second kappa shape index (κ2) is 8.48. The van der Waals surface area contributed by atoms with E-state index >= 15 is 0 Å². The average Bonchev–Trinajstić information content (AvgIpc) is 3.38. The highest BCUT2D eigenvalue weighted by Gasteiger charge is 2.27. The number of nitriles is 1. The number of aromatic hydroxyl groups is 1. The van der Waals surface area contributed by atoms with Gasteiger partial charge in [0.05, 0.1) is 23.8 Å². The van der Waals surface area contributed by atoms with Gasteiger partial charge in [-0.25, -0.2) is 0 Å². The number of nitrogens with zero attached hydrogens (tertiary/aromatic N) is 3. The molecule has 0 bridgehead atoms. The monoisotopic (exact) mass is 418 g/mol. The lowest BCUT2D eigenvalue weighted by atomic mass is 10.1. The molecule has 0 unspecified atom stereocenters. The summed E-state index contributed by atoms with van der Waals surface area (Å²) in [5, 5.41) is 26.3. The average molecular weight is 418 g/mol. The van der Waals surface area contributed by atoms with Crippen LogP contribution < -0.4 is 4.74 Å². The molecule has 0 atom stereocenters. The van der Waals surface area contributed by atoms with Gasteiger partial charge in [0.25, 0.3) is 5.91 Å². The number of amides is 1. The third-order valence-electron chi connectivity index (χ3n) is 5.38. The fourth-order valence-corrected chi connectivity index (χ4v) is 3.72. The molecule has 8 heteroatoms. The Kier molecular flexibility index (Phi) is 5.58. The quantitative estimate of drug-likeness (QED) is 0.446. The lowest BCUT2D eigenvalue weighted by Crippen LogP contribution is -2.25. The van der Waals surface area contributed by atoms with E-state index in [0.717, 1.165) is 11.1 Å². The van der Waals surface area contributed by atoms with Crippen LogP contribution in [0.2, 0.25) is 0 Å². The normalized spacial score (nSPS) is 12.6. The van der Waals surface area contributed by atoms with Gasteiger partial charge in [0.15, 0.2) is 5.78 Å². The molecule has 0 spiro atoms. The lowest BCUT2D eigenvalue weighted by molar-refractivity contribution is 0.0748. The van der Waals surface area contributed by atoms with E-state index in [2.05, 4.69) is 16.3 Å². The molecule has 1 amide bonds. The number of aromatic nitrogens is 2. The fraction of sp³-hybridized carbons (Fsp3) is 0.304. The number of unbranched alkanes of at least 4 members (excludes halogenated alkanes) is 1. The Balaban J connectivity index is 1.54. The number of fused-ring (bicyclic) bond motifs is 2. The Bertz CT molecular complexity index is 1210. The van der Waals surface area contributed by atoms with Gasteiger partial charge in [-0.2, -0.15) is 10.4 Å². The number of H-pyrrole nitrogens is 1. The van der Waals surface area contributed by atoms with E-state index in [1.54, 1.807) is 11.8 Å². The summed E-state index contributed by atoms with van der Waals surface area (Å²) in [6.07, 6.45) is 1.41. The van der Waals surface area contributed by atoms with Gasteiger partial charge in [-0.15, -0.1) is 0 Å². The van der Waals surface area contributed by atoms with E-state index in [-0.39, 0.29) is 28.7 Å². The van der Waals surface area contributed by atoms with Crippen molar-refractivity contribution >= 4 is 22.6 Å². The highest BCUT2D eigenvalue weighted by molar-refractivity contribution is 6.09. The van der Waals surface area contributed by atoms with Crippen molar-refractivity contribution in [3.8, 4) is 17.6 Å². The van der Waals surface area contributed by atoms with Crippen molar-refractivity contribution < 1.29 is 19.4 Å². The van der Waals surface area contributed by atoms with E-state index in [1.165, 1.54) is 12.1 Å². The molecule has 31 heavy (non-hydrogen) atoms. The number of phenols is 1. The molecule has 0 saturated carbocycles. The first kappa shape index (κ1) is 20.4. The van der Waals surface area contributed by atoms with Crippen LogP contribution in [0.15, 0.2) is 30.3 Å². The summed E-state index contributed by atoms with van der Waals surface area (Å²) >= 11 is 0. The summed E-state index contributed by atoms with van der Waals surface area (Å²) in [6.45, 7) is 3.03. The van der Waals surface area contributed by atoms with E-state index in [1.807, 2.05) is 18.2 Å². The van der Waals surface area contributed by atoms with Crippen LogP contribution in [0.3, 0.4) is 0 Å². The minimum atomic E-state index is -0.316. The smallest absolute Gasteiger partial charge is 0.258 e. The summed E-state index contributed by atoms with van der Waals surface area (Å²) in [7, 11) is 0. The molecule has 158 valence electrons. The molecule has 0 aliphatic carbocycles. The van der Waals surface area contributed by atoms with E-state index in [0.29, 0.717) is 55.6 Å². The molecule has 0 saturated heterocycles. The Morgan fingerprint density at radius 3 is 2.84 bits per heavy atom. The van der Waals surface area contributed by atoms with Crippen molar-refractivity contribution in [1.82, 2.24) is 15.1 Å². The topological polar surface area (TPSA) is 119 Å². The Labute approximate surface area is 179 Å². The Morgan fingerprint density at radius 1 is 1.26 bits per heavy atom. The number of benzene rings is 2. The predicted octanol–water partition coefficient (Wildman–Crippen LogP) is 3.70. The predicted molar refractivity (Wildman–Crippen MR) is 113 cm³/mol. The number of hydrogen-bond acceptors (Lipinski definition) is 6. The molecule has 0 fully saturated rings. The Morgan fingerprint density at radius 2 is 2.06 bits per heavy atom. The molecule has 0 radical (unpaired) electrons. The number of ketones is 1. The molecule has 2 N–H and O–H groups in total. The number of rotatable bonds is 7. The Hall–Kier alpha value is -3.86. The SMILES string of the molecule is CCC(=O)c1n[nH]c2cc(O)c(C(=O)N3Cc4ccc(OCCCC#N)cc4C3)cc12. The van der Waals surface area contributed by atoms with Crippen molar-refractivity contribution in [2.45, 2.75) is 39.3 Å². The summed E-state index contributed by atoms with van der Waals surface area (Å²) in [5.41, 5.74) is 2.92. The molecule has 1 aliphatic heterocycles. The minimum Gasteiger partial charge on any atom is -0.507 e.